The zero-order chi connectivity index (χ0) is 17.4. The summed E-state index contributed by atoms with van der Waals surface area (Å²) in [6.45, 7) is 5.81. The Hall–Kier alpha value is -1.92. The summed E-state index contributed by atoms with van der Waals surface area (Å²) < 4.78 is 1.70. The summed E-state index contributed by atoms with van der Waals surface area (Å²) in [5.41, 5.74) is 8.13. The van der Waals surface area contributed by atoms with Gasteiger partial charge in [0.15, 0.2) is 0 Å². The van der Waals surface area contributed by atoms with E-state index in [4.69, 9.17) is 5.73 Å². The molecule has 0 spiro atoms. The fourth-order valence-electron chi connectivity index (χ4n) is 4.05. The molecule has 3 N–H and O–H groups in total. The number of nitrogens with two attached hydrogens (primary N) is 1. The van der Waals surface area contributed by atoms with Crippen LogP contribution in [0, 0.1) is 6.92 Å². The molecule has 3 heterocycles. The number of rotatable bonds is 2. The summed E-state index contributed by atoms with van der Waals surface area (Å²) in [5, 5.41) is 9.76. The number of anilines is 1. The third kappa shape index (κ3) is 3.16. The molecule has 134 valence electrons. The molecule has 25 heavy (non-hydrogen) atoms. The molecule has 2 aromatic rings. The quantitative estimate of drug-likeness (QED) is 0.867. The Morgan fingerprint density at radius 2 is 2.00 bits per heavy atom. The molecule has 6 nitrogen and oxygen atoms in total. The highest BCUT2D eigenvalue weighted by atomic mass is 16.1. The molecule has 2 aliphatic rings. The maximum absolute atomic E-state index is 13.0. The Morgan fingerprint density at radius 1 is 1.20 bits per heavy atom. The molecule has 1 atom stereocenters. The van der Waals surface area contributed by atoms with Gasteiger partial charge in [-0.25, -0.2) is 4.68 Å². The van der Waals surface area contributed by atoms with Gasteiger partial charge in [-0.1, -0.05) is 0 Å². The second-order valence-corrected chi connectivity index (χ2v) is 7.39. The normalized spacial score (nSPS) is 22.5. The minimum Gasteiger partial charge on any atom is -0.371 e. The number of benzene rings is 1. The summed E-state index contributed by atoms with van der Waals surface area (Å²) in [7, 11) is 0. The van der Waals surface area contributed by atoms with E-state index in [1.165, 1.54) is 5.69 Å². The van der Waals surface area contributed by atoms with E-state index in [0.717, 1.165) is 68.3 Å². The highest BCUT2D eigenvalue weighted by Gasteiger charge is 2.21. The van der Waals surface area contributed by atoms with E-state index in [9.17, 15) is 4.79 Å². The monoisotopic (exact) mass is 341 g/mol. The molecule has 4 rings (SSSR count). The summed E-state index contributed by atoms with van der Waals surface area (Å²) in [6.07, 6.45) is 4.14. The fourth-order valence-corrected chi connectivity index (χ4v) is 4.05. The van der Waals surface area contributed by atoms with Crippen molar-refractivity contribution in [2.45, 2.75) is 44.7 Å². The molecule has 1 unspecified atom stereocenters. The van der Waals surface area contributed by atoms with E-state index in [1.807, 2.05) is 13.0 Å². The topological polar surface area (TPSA) is 76.2 Å². The van der Waals surface area contributed by atoms with Crippen molar-refractivity contribution in [1.82, 2.24) is 15.1 Å². The second-order valence-electron chi connectivity index (χ2n) is 7.39. The Bertz CT molecular complexity index is 816. The molecule has 0 radical (unpaired) electrons. The summed E-state index contributed by atoms with van der Waals surface area (Å²) in [5.74, 6) is 0. The lowest BCUT2D eigenvalue weighted by Crippen LogP contribution is -2.39. The lowest BCUT2D eigenvalue weighted by Gasteiger charge is -2.32. The van der Waals surface area contributed by atoms with Gasteiger partial charge in [-0.2, -0.15) is 5.10 Å². The molecule has 0 aliphatic carbocycles. The summed E-state index contributed by atoms with van der Waals surface area (Å²) in [6, 6.07) is 6.65. The minimum atomic E-state index is 0.0292. The zero-order valence-corrected chi connectivity index (χ0v) is 14.9. The van der Waals surface area contributed by atoms with Gasteiger partial charge in [0.05, 0.1) is 17.1 Å². The van der Waals surface area contributed by atoms with Gasteiger partial charge in [0.25, 0.3) is 5.56 Å². The molecule has 2 fully saturated rings. The van der Waals surface area contributed by atoms with Crippen LogP contribution in [0.5, 0.6) is 0 Å². The molecule has 0 saturated carbocycles. The van der Waals surface area contributed by atoms with Crippen LogP contribution in [0.25, 0.3) is 10.8 Å². The van der Waals surface area contributed by atoms with Crippen molar-refractivity contribution in [3.8, 4) is 0 Å². The highest BCUT2D eigenvalue weighted by Crippen LogP contribution is 2.25. The molecule has 6 heteroatoms. The van der Waals surface area contributed by atoms with Crippen LogP contribution < -0.4 is 21.5 Å². The fraction of sp³-hybridized carbons (Fsp3) is 0.579. The van der Waals surface area contributed by atoms with E-state index in [2.05, 4.69) is 27.4 Å². The minimum absolute atomic E-state index is 0.0292. The molecule has 2 aliphatic heterocycles. The van der Waals surface area contributed by atoms with Crippen LogP contribution >= 0.6 is 0 Å². The van der Waals surface area contributed by atoms with Gasteiger partial charge in [-0.15, -0.1) is 0 Å². The molecular weight excluding hydrogens is 314 g/mol. The van der Waals surface area contributed by atoms with Gasteiger partial charge in [0, 0.05) is 36.7 Å². The first-order chi connectivity index (χ1) is 12.1. The Labute approximate surface area is 148 Å². The van der Waals surface area contributed by atoms with Crippen molar-refractivity contribution in [3.63, 3.8) is 0 Å². The number of aromatic nitrogens is 2. The van der Waals surface area contributed by atoms with E-state index in [-0.39, 0.29) is 11.6 Å². The van der Waals surface area contributed by atoms with Crippen molar-refractivity contribution in [1.29, 1.82) is 0 Å². The van der Waals surface area contributed by atoms with Crippen molar-refractivity contribution < 1.29 is 0 Å². The number of hydrogen-bond donors (Lipinski definition) is 2. The van der Waals surface area contributed by atoms with E-state index in [1.54, 1.807) is 4.68 Å². The lowest BCUT2D eigenvalue weighted by atomic mass is 10.0. The van der Waals surface area contributed by atoms with Crippen molar-refractivity contribution in [2.75, 3.05) is 31.1 Å². The van der Waals surface area contributed by atoms with Crippen LogP contribution in [-0.2, 0) is 0 Å². The van der Waals surface area contributed by atoms with Crippen molar-refractivity contribution in [3.05, 3.63) is 34.2 Å². The molecule has 1 aromatic carbocycles. The van der Waals surface area contributed by atoms with E-state index in [0.29, 0.717) is 6.04 Å². The van der Waals surface area contributed by atoms with E-state index >= 15 is 0 Å². The van der Waals surface area contributed by atoms with Gasteiger partial charge in [0.2, 0.25) is 0 Å². The number of nitrogens with one attached hydrogen (secondary N) is 1. The number of nitrogens with zero attached hydrogens (tertiary/aromatic N) is 3. The smallest absolute Gasteiger partial charge is 0.274 e. The second kappa shape index (κ2) is 6.77. The van der Waals surface area contributed by atoms with Crippen LogP contribution in [0.2, 0.25) is 0 Å². The standard InChI is InChI=1S/C19H27N5O/c1-13-18-11-15(23-9-6-14(20)7-10-23)4-5-17(18)19(25)24(22-13)16-3-2-8-21-12-16/h4-5,11,14,16,21H,2-3,6-10,12,20H2,1H3. The maximum atomic E-state index is 13.0. The number of aryl methyl sites for hydroxylation is 1. The highest BCUT2D eigenvalue weighted by molar-refractivity contribution is 5.86. The molecule has 0 amide bonds. The van der Waals surface area contributed by atoms with Crippen LogP contribution in [0.1, 0.15) is 37.4 Å². The average Bonchev–Trinajstić information content (AvgIpc) is 2.65. The maximum Gasteiger partial charge on any atom is 0.274 e. The zero-order valence-electron chi connectivity index (χ0n) is 14.9. The predicted octanol–water partition coefficient (Wildman–Crippen LogP) is 1.56. The third-order valence-corrected chi connectivity index (χ3v) is 5.61. The van der Waals surface area contributed by atoms with Crippen LogP contribution in [0.3, 0.4) is 0 Å². The number of hydrogen-bond acceptors (Lipinski definition) is 5. The first-order valence-corrected chi connectivity index (χ1v) is 9.38. The predicted molar refractivity (Wildman–Crippen MR) is 101 cm³/mol. The SMILES string of the molecule is Cc1nn(C2CCCNC2)c(=O)c2ccc(N3CCC(N)CC3)cc12. The van der Waals surface area contributed by atoms with Crippen LogP contribution in [-0.4, -0.2) is 42.0 Å². The van der Waals surface area contributed by atoms with Gasteiger partial charge in [0.1, 0.15) is 0 Å². The molecule has 0 bridgehead atoms. The largest absolute Gasteiger partial charge is 0.371 e. The number of piperidine rings is 2. The Morgan fingerprint density at radius 3 is 2.72 bits per heavy atom. The van der Waals surface area contributed by atoms with Crippen molar-refractivity contribution in [2.24, 2.45) is 5.73 Å². The first kappa shape index (κ1) is 16.5. The Kier molecular flexibility index (Phi) is 4.48. The molecule has 2 saturated heterocycles. The summed E-state index contributed by atoms with van der Waals surface area (Å²) in [4.78, 5) is 15.3. The third-order valence-electron chi connectivity index (χ3n) is 5.61. The first-order valence-electron chi connectivity index (χ1n) is 9.38. The van der Waals surface area contributed by atoms with Gasteiger partial charge >= 0.3 is 0 Å². The van der Waals surface area contributed by atoms with Gasteiger partial charge in [-0.05, 0) is 57.4 Å². The van der Waals surface area contributed by atoms with Crippen LogP contribution in [0.4, 0.5) is 5.69 Å². The van der Waals surface area contributed by atoms with Gasteiger partial charge < -0.3 is 16.0 Å². The lowest BCUT2D eigenvalue weighted by molar-refractivity contribution is 0.335. The van der Waals surface area contributed by atoms with Crippen LogP contribution in [0.15, 0.2) is 23.0 Å². The van der Waals surface area contributed by atoms with Crippen molar-refractivity contribution >= 4 is 16.5 Å². The summed E-state index contributed by atoms with van der Waals surface area (Å²) >= 11 is 0. The van der Waals surface area contributed by atoms with Gasteiger partial charge in [-0.3, -0.25) is 4.79 Å². The average molecular weight is 341 g/mol. The van der Waals surface area contributed by atoms with E-state index < -0.39 is 0 Å². The molecular formula is C19H27N5O. The Balaban J connectivity index is 1.71. The number of fused-ring (bicyclic) bond motifs is 1. The molecule has 1 aromatic heterocycles.